The van der Waals surface area contributed by atoms with Crippen molar-refractivity contribution in [3.63, 3.8) is 0 Å². The number of methoxy groups -OCH3 is 1. The molecule has 1 N–H and O–H groups in total. The third kappa shape index (κ3) is 2.98. The number of aromatic nitrogens is 2. The third-order valence-electron chi connectivity index (χ3n) is 6.10. The summed E-state index contributed by atoms with van der Waals surface area (Å²) in [5, 5.41) is 8.59. The molecule has 1 saturated carbocycles. The largest absolute Gasteiger partial charge is 0.497 e. The fourth-order valence-corrected chi connectivity index (χ4v) is 4.37. The van der Waals surface area contributed by atoms with Gasteiger partial charge in [-0.25, -0.2) is 0 Å². The predicted octanol–water partition coefficient (Wildman–Crippen LogP) is 4.37. The maximum absolute atomic E-state index is 5.70. The molecule has 0 spiro atoms. The number of fused-ring (bicyclic) bond motifs is 2. The maximum Gasteiger partial charge on any atom is 0.144 e. The second-order valence-corrected chi connectivity index (χ2v) is 8.15. The molecule has 6 heteroatoms. The molecule has 1 fully saturated rings. The van der Waals surface area contributed by atoms with Crippen LogP contribution in [-0.2, 0) is 4.74 Å². The van der Waals surface area contributed by atoms with Crippen LogP contribution in [-0.4, -0.2) is 41.5 Å². The van der Waals surface area contributed by atoms with Gasteiger partial charge in [-0.3, -0.25) is 0 Å². The lowest BCUT2D eigenvalue weighted by Crippen LogP contribution is -2.32. The Hall–Kier alpha value is -2.89. The van der Waals surface area contributed by atoms with Gasteiger partial charge in [-0.2, -0.15) is 9.78 Å². The Morgan fingerprint density at radius 1 is 1.31 bits per heavy atom. The van der Waals surface area contributed by atoms with E-state index in [0.29, 0.717) is 6.61 Å². The summed E-state index contributed by atoms with van der Waals surface area (Å²) in [4.78, 5) is 2.47. The van der Waals surface area contributed by atoms with Crippen LogP contribution in [0.15, 0.2) is 35.7 Å². The first-order valence-corrected chi connectivity index (χ1v) is 10.4. The number of ether oxygens (including phenoxy) is 2. The Labute approximate surface area is 171 Å². The maximum atomic E-state index is 5.70. The first kappa shape index (κ1) is 18.2. The van der Waals surface area contributed by atoms with Crippen LogP contribution in [0.4, 0.5) is 5.82 Å². The van der Waals surface area contributed by atoms with E-state index in [2.05, 4.69) is 47.8 Å². The molecule has 2 aliphatic heterocycles. The number of nitrogens with one attached hydrogen (secondary N) is 1. The molecule has 0 unspecified atom stereocenters. The van der Waals surface area contributed by atoms with Gasteiger partial charge < -0.3 is 19.7 Å². The zero-order valence-corrected chi connectivity index (χ0v) is 17.6. The number of hydrogen-bond donors (Lipinski definition) is 1. The van der Waals surface area contributed by atoms with E-state index in [4.69, 9.17) is 14.6 Å². The van der Waals surface area contributed by atoms with Crippen molar-refractivity contribution in [1.29, 1.82) is 0 Å². The van der Waals surface area contributed by atoms with E-state index < -0.39 is 0 Å². The van der Waals surface area contributed by atoms with Crippen molar-refractivity contribution in [1.82, 2.24) is 14.7 Å². The Morgan fingerprint density at radius 3 is 2.83 bits per heavy atom. The van der Waals surface area contributed by atoms with Gasteiger partial charge >= 0.3 is 0 Å². The van der Waals surface area contributed by atoms with Crippen LogP contribution in [0, 0.1) is 19.8 Å². The lowest BCUT2D eigenvalue weighted by Gasteiger charge is -2.32. The predicted molar refractivity (Wildman–Crippen MR) is 115 cm³/mol. The SMILES string of the molecule is CCN(CC1CC1)C1=C2COC=C2Nc2c(-c3ccc(OC)cc3C)c(C)nn21. The molecule has 1 aliphatic carbocycles. The van der Waals surface area contributed by atoms with Crippen LogP contribution in [0.25, 0.3) is 16.9 Å². The number of rotatable bonds is 6. The van der Waals surface area contributed by atoms with Gasteiger partial charge in [0, 0.05) is 18.7 Å². The number of anilines is 1. The van der Waals surface area contributed by atoms with E-state index in [1.807, 2.05) is 12.3 Å². The van der Waals surface area contributed by atoms with E-state index in [1.165, 1.54) is 29.5 Å². The Balaban J connectivity index is 1.66. The fraction of sp³-hybridized carbons (Fsp3) is 0.435. The van der Waals surface area contributed by atoms with Gasteiger partial charge in [-0.15, -0.1) is 0 Å². The van der Waals surface area contributed by atoms with Crippen molar-refractivity contribution in [2.45, 2.75) is 33.6 Å². The molecule has 1 aromatic heterocycles. The van der Waals surface area contributed by atoms with E-state index in [0.717, 1.165) is 53.4 Å². The molecule has 6 nitrogen and oxygen atoms in total. The number of hydrogen-bond acceptors (Lipinski definition) is 5. The molecule has 29 heavy (non-hydrogen) atoms. The molecule has 5 rings (SSSR count). The summed E-state index contributed by atoms with van der Waals surface area (Å²) in [5.74, 6) is 3.85. The molecule has 152 valence electrons. The molecule has 1 aromatic carbocycles. The van der Waals surface area contributed by atoms with Crippen LogP contribution in [0.1, 0.15) is 31.0 Å². The molecule has 0 atom stereocenters. The van der Waals surface area contributed by atoms with E-state index in [9.17, 15) is 0 Å². The van der Waals surface area contributed by atoms with Gasteiger partial charge in [0.1, 0.15) is 30.3 Å². The van der Waals surface area contributed by atoms with Crippen molar-refractivity contribution in [3.8, 4) is 16.9 Å². The second kappa shape index (κ2) is 6.87. The van der Waals surface area contributed by atoms with Crippen LogP contribution >= 0.6 is 0 Å². The van der Waals surface area contributed by atoms with Gasteiger partial charge in [-0.05, 0) is 62.8 Å². The van der Waals surface area contributed by atoms with Crippen LogP contribution in [0.2, 0.25) is 0 Å². The molecule has 0 saturated heterocycles. The highest BCUT2D eigenvalue weighted by Crippen LogP contribution is 2.43. The average Bonchev–Trinajstić information content (AvgIpc) is 3.32. The molecule has 0 amide bonds. The topological polar surface area (TPSA) is 51.6 Å². The summed E-state index contributed by atoms with van der Waals surface area (Å²) < 4.78 is 13.2. The fourth-order valence-electron chi connectivity index (χ4n) is 4.37. The van der Waals surface area contributed by atoms with Crippen molar-refractivity contribution in [2.75, 3.05) is 32.1 Å². The number of nitrogens with zero attached hydrogens (tertiary/aromatic N) is 3. The number of aryl methyl sites for hydroxylation is 2. The molecular weight excluding hydrogens is 364 g/mol. The molecule has 0 radical (unpaired) electrons. The Morgan fingerprint density at radius 2 is 2.14 bits per heavy atom. The molecule has 2 aromatic rings. The Kier molecular flexibility index (Phi) is 4.30. The quantitative estimate of drug-likeness (QED) is 0.791. The smallest absolute Gasteiger partial charge is 0.144 e. The molecule has 3 aliphatic rings. The van der Waals surface area contributed by atoms with Gasteiger partial charge in [0.15, 0.2) is 0 Å². The van der Waals surface area contributed by atoms with Gasteiger partial charge in [-0.1, -0.05) is 6.07 Å². The summed E-state index contributed by atoms with van der Waals surface area (Å²) in [6.07, 6.45) is 4.51. The zero-order valence-electron chi connectivity index (χ0n) is 17.6. The minimum atomic E-state index is 0.591. The second-order valence-electron chi connectivity index (χ2n) is 8.15. The van der Waals surface area contributed by atoms with E-state index >= 15 is 0 Å². The first-order chi connectivity index (χ1) is 14.1. The third-order valence-corrected chi connectivity index (χ3v) is 6.10. The van der Waals surface area contributed by atoms with Crippen LogP contribution in [0.3, 0.4) is 0 Å². The normalized spacial score (nSPS) is 17.3. The highest BCUT2D eigenvalue weighted by atomic mass is 16.5. The van der Waals surface area contributed by atoms with Crippen LogP contribution in [0.5, 0.6) is 5.75 Å². The van der Waals surface area contributed by atoms with Crippen LogP contribution < -0.4 is 10.1 Å². The van der Waals surface area contributed by atoms with E-state index in [1.54, 1.807) is 7.11 Å². The summed E-state index contributed by atoms with van der Waals surface area (Å²) in [5.41, 5.74) is 6.74. The molecule has 3 heterocycles. The van der Waals surface area contributed by atoms with Crippen molar-refractivity contribution < 1.29 is 9.47 Å². The monoisotopic (exact) mass is 392 g/mol. The van der Waals surface area contributed by atoms with Gasteiger partial charge in [0.05, 0.1) is 24.1 Å². The van der Waals surface area contributed by atoms with E-state index in [-0.39, 0.29) is 0 Å². The Bertz CT molecular complexity index is 1030. The zero-order chi connectivity index (χ0) is 20.1. The van der Waals surface area contributed by atoms with Gasteiger partial charge in [0.25, 0.3) is 0 Å². The highest BCUT2D eigenvalue weighted by molar-refractivity contribution is 5.86. The minimum absolute atomic E-state index is 0.591. The van der Waals surface area contributed by atoms with Gasteiger partial charge in [0.2, 0.25) is 0 Å². The minimum Gasteiger partial charge on any atom is -0.497 e. The number of benzene rings is 1. The molecular formula is C23H28N4O2. The van der Waals surface area contributed by atoms with Crippen molar-refractivity contribution in [2.24, 2.45) is 5.92 Å². The lowest BCUT2D eigenvalue weighted by atomic mass is 9.99. The first-order valence-electron chi connectivity index (χ1n) is 10.4. The average molecular weight is 393 g/mol. The summed E-state index contributed by atoms with van der Waals surface area (Å²) >= 11 is 0. The standard InChI is InChI=1S/C23H28N4O2/c1-5-26(11-16-6-7-16)23-19-12-29-13-20(19)24-22-21(15(3)25-27(22)23)18-9-8-17(28-4)10-14(18)2/h8-10,13,16,24H,5-7,11-12H2,1-4H3. The van der Waals surface area contributed by atoms with Crippen molar-refractivity contribution in [3.05, 3.63) is 47.0 Å². The highest BCUT2D eigenvalue weighted by Gasteiger charge is 2.35. The van der Waals surface area contributed by atoms with Crippen molar-refractivity contribution >= 4 is 11.6 Å². The summed E-state index contributed by atoms with van der Waals surface area (Å²) in [6.45, 7) is 9.06. The summed E-state index contributed by atoms with van der Waals surface area (Å²) in [6, 6.07) is 6.22. The molecule has 0 bridgehead atoms. The summed E-state index contributed by atoms with van der Waals surface area (Å²) in [7, 11) is 1.70. The lowest BCUT2D eigenvalue weighted by molar-refractivity contribution is 0.297.